The summed E-state index contributed by atoms with van der Waals surface area (Å²) in [6, 6.07) is 12.0. The van der Waals surface area contributed by atoms with Gasteiger partial charge >= 0.3 is 0 Å². The van der Waals surface area contributed by atoms with Gasteiger partial charge in [-0.05, 0) is 12.5 Å². The highest BCUT2D eigenvalue weighted by Crippen LogP contribution is 2.16. The summed E-state index contributed by atoms with van der Waals surface area (Å²) in [5, 5.41) is 6.90. The van der Waals surface area contributed by atoms with Gasteiger partial charge < -0.3 is 9.42 Å². The Kier molecular flexibility index (Phi) is 5.05. The fourth-order valence-electron chi connectivity index (χ4n) is 2.40. The summed E-state index contributed by atoms with van der Waals surface area (Å²) < 4.78 is 5.02. The van der Waals surface area contributed by atoms with Crippen LogP contribution in [0.4, 0.5) is 0 Å². The zero-order valence-corrected chi connectivity index (χ0v) is 14.5. The number of aromatic nitrogens is 2. The Morgan fingerprint density at radius 3 is 2.75 bits per heavy atom. The molecule has 0 fully saturated rings. The standard InChI is InChI=1S/C18H19N3O2S/c1-13-8-15(20-23-13)11-21(2)18(22)10-16-12-24-17(19-16)9-14-6-4-3-5-7-14/h3-8,12H,9-11H2,1-2H3. The van der Waals surface area contributed by atoms with Crippen molar-refractivity contribution in [1.29, 1.82) is 0 Å². The minimum absolute atomic E-state index is 0.0206. The first kappa shape index (κ1) is 16.4. The summed E-state index contributed by atoms with van der Waals surface area (Å²) in [7, 11) is 1.77. The third kappa shape index (κ3) is 4.29. The Balaban J connectivity index is 1.56. The fraction of sp³-hybridized carbons (Fsp3) is 0.278. The first-order valence-corrected chi connectivity index (χ1v) is 8.61. The molecule has 0 bridgehead atoms. The molecule has 24 heavy (non-hydrogen) atoms. The third-order valence-corrected chi connectivity index (χ3v) is 4.53. The van der Waals surface area contributed by atoms with Crippen LogP contribution < -0.4 is 0 Å². The van der Waals surface area contributed by atoms with Crippen LogP contribution in [-0.2, 0) is 24.2 Å². The third-order valence-electron chi connectivity index (χ3n) is 3.63. The van der Waals surface area contributed by atoms with E-state index in [0.717, 1.165) is 28.6 Å². The molecule has 0 aliphatic heterocycles. The van der Waals surface area contributed by atoms with Crippen LogP contribution in [-0.4, -0.2) is 28.0 Å². The van der Waals surface area contributed by atoms with Gasteiger partial charge in [-0.25, -0.2) is 4.98 Å². The highest BCUT2D eigenvalue weighted by Gasteiger charge is 2.14. The average Bonchev–Trinajstić information content (AvgIpc) is 3.17. The molecule has 2 heterocycles. The molecule has 0 spiro atoms. The van der Waals surface area contributed by atoms with Gasteiger partial charge in [0.05, 0.1) is 23.7 Å². The van der Waals surface area contributed by atoms with Crippen LogP contribution in [0.15, 0.2) is 46.3 Å². The summed E-state index contributed by atoms with van der Waals surface area (Å²) in [5.74, 6) is 0.767. The highest BCUT2D eigenvalue weighted by atomic mass is 32.1. The lowest BCUT2D eigenvalue weighted by Crippen LogP contribution is -2.27. The predicted octanol–water partition coefficient (Wildman–Crippen LogP) is 3.23. The largest absolute Gasteiger partial charge is 0.361 e. The Hall–Kier alpha value is -2.47. The summed E-state index contributed by atoms with van der Waals surface area (Å²) in [5.41, 5.74) is 2.80. The molecule has 1 aromatic carbocycles. The van der Waals surface area contributed by atoms with Gasteiger partial charge in [-0.3, -0.25) is 4.79 Å². The van der Waals surface area contributed by atoms with Crippen molar-refractivity contribution in [2.75, 3.05) is 7.05 Å². The number of aryl methyl sites for hydroxylation is 1. The molecular weight excluding hydrogens is 322 g/mol. The van der Waals surface area contributed by atoms with E-state index in [1.54, 1.807) is 23.3 Å². The second-order valence-corrected chi connectivity index (χ2v) is 6.69. The van der Waals surface area contributed by atoms with Crippen molar-refractivity contribution in [3.63, 3.8) is 0 Å². The van der Waals surface area contributed by atoms with Gasteiger partial charge in [-0.2, -0.15) is 0 Å². The zero-order chi connectivity index (χ0) is 16.9. The zero-order valence-electron chi connectivity index (χ0n) is 13.7. The van der Waals surface area contributed by atoms with Crippen LogP contribution in [0, 0.1) is 6.92 Å². The molecule has 0 aliphatic carbocycles. The quantitative estimate of drug-likeness (QED) is 0.691. The number of nitrogens with zero attached hydrogens (tertiary/aromatic N) is 3. The van der Waals surface area contributed by atoms with E-state index in [-0.39, 0.29) is 5.91 Å². The minimum atomic E-state index is 0.0206. The number of carbonyl (C=O) groups excluding carboxylic acids is 1. The second kappa shape index (κ2) is 7.40. The van der Waals surface area contributed by atoms with E-state index < -0.39 is 0 Å². The maximum Gasteiger partial charge on any atom is 0.228 e. The fourth-order valence-corrected chi connectivity index (χ4v) is 3.22. The molecule has 124 valence electrons. The van der Waals surface area contributed by atoms with Crippen molar-refractivity contribution in [2.45, 2.75) is 26.3 Å². The van der Waals surface area contributed by atoms with E-state index in [2.05, 4.69) is 22.3 Å². The van der Waals surface area contributed by atoms with Gasteiger partial charge in [0.15, 0.2) is 0 Å². The van der Waals surface area contributed by atoms with Crippen LogP contribution in [0.5, 0.6) is 0 Å². The number of hydrogen-bond donors (Lipinski definition) is 0. The first-order chi connectivity index (χ1) is 11.6. The first-order valence-electron chi connectivity index (χ1n) is 7.73. The van der Waals surface area contributed by atoms with E-state index in [9.17, 15) is 4.79 Å². The molecule has 0 atom stereocenters. The Labute approximate surface area is 144 Å². The maximum absolute atomic E-state index is 12.3. The van der Waals surface area contributed by atoms with E-state index in [0.29, 0.717) is 13.0 Å². The summed E-state index contributed by atoms with van der Waals surface area (Å²) >= 11 is 1.60. The van der Waals surface area contributed by atoms with Crippen LogP contribution in [0.3, 0.4) is 0 Å². The van der Waals surface area contributed by atoms with Crippen molar-refractivity contribution >= 4 is 17.2 Å². The van der Waals surface area contributed by atoms with Crippen molar-refractivity contribution in [1.82, 2.24) is 15.0 Å². The van der Waals surface area contributed by atoms with Gasteiger partial charge in [-0.15, -0.1) is 11.3 Å². The van der Waals surface area contributed by atoms with E-state index in [1.165, 1.54) is 5.56 Å². The van der Waals surface area contributed by atoms with Crippen LogP contribution in [0.25, 0.3) is 0 Å². The van der Waals surface area contributed by atoms with Gasteiger partial charge in [0, 0.05) is 24.9 Å². The molecule has 2 aromatic heterocycles. The normalized spacial score (nSPS) is 10.8. The van der Waals surface area contributed by atoms with E-state index >= 15 is 0 Å². The molecule has 0 saturated heterocycles. The SMILES string of the molecule is Cc1cc(CN(C)C(=O)Cc2csc(Cc3ccccc3)n2)no1. The Morgan fingerprint density at radius 1 is 1.25 bits per heavy atom. The summed E-state index contributed by atoms with van der Waals surface area (Å²) in [6.07, 6.45) is 1.10. The average molecular weight is 341 g/mol. The van der Waals surface area contributed by atoms with Gasteiger partial charge in [0.25, 0.3) is 0 Å². The van der Waals surface area contributed by atoms with Crippen LogP contribution >= 0.6 is 11.3 Å². The monoisotopic (exact) mass is 341 g/mol. The molecule has 1 amide bonds. The Morgan fingerprint density at radius 2 is 2.04 bits per heavy atom. The molecule has 6 heteroatoms. The van der Waals surface area contributed by atoms with Crippen LogP contribution in [0.2, 0.25) is 0 Å². The predicted molar refractivity (Wildman–Crippen MR) is 92.8 cm³/mol. The molecule has 0 N–H and O–H groups in total. The highest BCUT2D eigenvalue weighted by molar-refractivity contribution is 7.09. The minimum Gasteiger partial charge on any atom is -0.361 e. The van der Waals surface area contributed by atoms with Crippen molar-refractivity contribution < 1.29 is 9.32 Å². The summed E-state index contributed by atoms with van der Waals surface area (Å²) in [6.45, 7) is 2.28. The molecule has 0 radical (unpaired) electrons. The van der Waals surface area contributed by atoms with Crippen molar-refractivity contribution in [2.24, 2.45) is 0 Å². The van der Waals surface area contributed by atoms with E-state index in [1.807, 2.05) is 36.6 Å². The molecule has 0 aliphatic rings. The Bertz CT molecular complexity index is 811. The molecular formula is C18H19N3O2S. The van der Waals surface area contributed by atoms with Crippen LogP contribution in [0.1, 0.15) is 27.7 Å². The molecule has 5 nitrogen and oxygen atoms in total. The number of likely N-dealkylation sites (N-methyl/N-ethyl adjacent to an activating group) is 1. The number of rotatable bonds is 6. The molecule has 0 unspecified atom stereocenters. The topological polar surface area (TPSA) is 59.2 Å². The summed E-state index contributed by atoms with van der Waals surface area (Å²) in [4.78, 5) is 18.5. The number of benzene rings is 1. The number of hydrogen-bond acceptors (Lipinski definition) is 5. The van der Waals surface area contributed by atoms with Gasteiger partial charge in [0.1, 0.15) is 11.5 Å². The lowest BCUT2D eigenvalue weighted by molar-refractivity contribution is -0.129. The van der Waals surface area contributed by atoms with Gasteiger partial charge in [0.2, 0.25) is 5.91 Å². The second-order valence-electron chi connectivity index (χ2n) is 5.75. The smallest absolute Gasteiger partial charge is 0.228 e. The number of carbonyl (C=O) groups is 1. The maximum atomic E-state index is 12.3. The van der Waals surface area contributed by atoms with Crippen molar-refractivity contribution in [3.05, 3.63) is 69.5 Å². The van der Waals surface area contributed by atoms with Gasteiger partial charge in [-0.1, -0.05) is 35.5 Å². The lowest BCUT2D eigenvalue weighted by atomic mass is 10.2. The molecule has 3 rings (SSSR count). The van der Waals surface area contributed by atoms with E-state index in [4.69, 9.17) is 4.52 Å². The number of amides is 1. The molecule has 3 aromatic rings. The van der Waals surface area contributed by atoms with Crippen molar-refractivity contribution in [3.8, 4) is 0 Å². The lowest BCUT2D eigenvalue weighted by Gasteiger charge is -2.14. The number of thiazole rings is 1. The molecule has 0 saturated carbocycles.